The first-order valence-corrected chi connectivity index (χ1v) is 8.32. The number of benzene rings is 2. The summed E-state index contributed by atoms with van der Waals surface area (Å²) in [6.07, 6.45) is 0. The highest BCUT2D eigenvalue weighted by molar-refractivity contribution is 7.89. The number of nitrogens with two attached hydrogens (primary N) is 1. The molecule has 0 aromatic heterocycles. The van der Waals surface area contributed by atoms with Crippen LogP contribution in [-0.2, 0) is 10.0 Å². The van der Waals surface area contributed by atoms with E-state index in [1.807, 2.05) is 32.0 Å². The summed E-state index contributed by atoms with van der Waals surface area (Å²) in [5.41, 5.74) is 2.40. The Balaban J connectivity index is 2.12. The largest absolute Gasteiger partial charge is 0.346 e. The zero-order chi connectivity index (χ0) is 16.3. The number of sulfonamides is 1. The Morgan fingerprint density at radius 2 is 1.77 bits per heavy atom. The molecular weight excluding hydrogens is 300 g/mol. The van der Waals surface area contributed by atoms with Crippen LogP contribution in [0.25, 0.3) is 0 Å². The molecule has 5 nitrogen and oxygen atoms in total. The van der Waals surface area contributed by atoms with Crippen molar-refractivity contribution in [2.24, 2.45) is 5.14 Å². The summed E-state index contributed by atoms with van der Waals surface area (Å²) in [6, 6.07) is 13.2. The van der Waals surface area contributed by atoms with E-state index in [4.69, 9.17) is 5.14 Å². The van der Waals surface area contributed by atoms with Gasteiger partial charge in [0.15, 0.2) is 0 Å². The van der Waals surface area contributed by atoms with Crippen LogP contribution >= 0.6 is 0 Å². The molecule has 0 fully saturated rings. The van der Waals surface area contributed by atoms with Crippen molar-refractivity contribution in [3.05, 3.63) is 65.2 Å². The molecule has 6 heteroatoms. The first-order valence-electron chi connectivity index (χ1n) is 6.77. The van der Waals surface area contributed by atoms with E-state index in [2.05, 4.69) is 5.32 Å². The van der Waals surface area contributed by atoms with Crippen molar-refractivity contribution in [1.82, 2.24) is 5.32 Å². The van der Waals surface area contributed by atoms with Gasteiger partial charge in [0.25, 0.3) is 5.91 Å². The molecule has 3 N–H and O–H groups in total. The van der Waals surface area contributed by atoms with Gasteiger partial charge in [-0.25, -0.2) is 13.6 Å². The monoisotopic (exact) mass is 318 g/mol. The fourth-order valence-electron chi connectivity index (χ4n) is 2.10. The highest BCUT2D eigenvalue weighted by atomic mass is 32.2. The van der Waals surface area contributed by atoms with E-state index in [-0.39, 0.29) is 16.8 Å². The number of amides is 1. The number of hydrogen-bond donors (Lipinski definition) is 2. The van der Waals surface area contributed by atoms with E-state index in [9.17, 15) is 13.2 Å². The molecule has 0 aliphatic rings. The van der Waals surface area contributed by atoms with Crippen molar-refractivity contribution < 1.29 is 13.2 Å². The number of rotatable bonds is 4. The van der Waals surface area contributed by atoms with Gasteiger partial charge in [-0.2, -0.15) is 0 Å². The predicted molar refractivity (Wildman–Crippen MR) is 84.9 cm³/mol. The molecule has 0 spiro atoms. The summed E-state index contributed by atoms with van der Waals surface area (Å²) >= 11 is 0. The lowest BCUT2D eigenvalue weighted by molar-refractivity contribution is 0.0939. The van der Waals surface area contributed by atoms with Gasteiger partial charge in [-0.3, -0.25) is 4.79 Å². The maximum absolute atomic E-state index is 12.2. The first-order chi connectivity index (χ1) is 10.3. The third-order valence-electron chi connectivity index (χ3n) is 3.34. The van der Waals surface area contributed by atoms with Gasteiger partial charge in [0, 0.05) is 5.56 Å². The standard InChI is InChI=1S/C16H18N2O3S/c1-11-4-3-5-14(10-11)16(19)18-12(2)13-6-8-15(9-7-13)22(17,20)21/h3-10,12H,1-2H3,(H,18,19)(H2,17,20,21)/t12-/m1/s1. The summed E-state index contributed by atoms with van der Waals surface area (Å²) in [5.74, 6) is -0.174. The maximum Gasteiger partial charge on any atom is 0.251 e. The minimum Gasteiger partial charge on any atom is -0.346 e. The molecule has 0 saturated heterocycles. The lowest BCUT2D eigenvalue weighted by Gasteiger charge is -2.15. The van der Waals surface area contributed by atoms with E-state index >= 15 is 0 Å². The second kappa shape index (κ2) is 6.29. The zero-order valence-electron chi connectivity index (χ0n) is 12.4. The summed E-state index contributed by atoms with van der Waals surface area (Å²) in [6.45, 7) is 3.76. The van der Waals surface area contributed by atoms with Crippen molar-refractivity contribution in [3.63, 3.8) is 0 Å². The number of hydrogen-bond acceptors (Lipinski definition) is 3. The van der Waals surface area contributed by atoms with Gasteiger partial charge in [-0.1, -0.05) is 29.8 Å². The van der Waals surface area contributed by atoms with Crippen LogP contribution in [0.1, 0.15) is 34.5 Å². The average Bonchev–Trinajstić information content (AvgIpc) is 2.46. The molecule has 0 aliphatic carbocycles. The first kappa shape index (κ1) is 16.2. The molecule has 0 unspecified atom stereocenters. The second-order valence-corrected chi connectivity index (χ2v) is 6.74. The topological polar surface area (TPSA) is 89.3 Å². The Morgan fingerprint density at radius 3 is 2.32 bits per heavy atom. The molecule has 116 valence electrons. The quantitative estimate of drug-likeness (QED) is 0.905. The predicted octanol–water partition coefficient (Wildman–Crippen LogP) is 2.13. The van der Waals surface area contributed by atoms with E-state index < -0.39 is 10.0 Å². The van der Waals surface area contributed by atoms with Gasteiger partial charge in [0.05, 0.1) is 10.9 Å². The van der Waals surface area contributed by atoms with Gasteiger partial charge < -0.3 is 5.32 Å². The summed E-state index contributed by atoms with van der Waals surface area (Å²) in [7, 11) is -3.70. The number of carbonyl (C=O) groups excluding carboxylic acids is 1. The van der Waals surface area contributed by atoms with E-state index in [0.717, 1.165) is 11.1 Å². The van der Waals surface area contributed by atoms with E-state index in [1.165, 1.54) is 12.1 Å². The SMILES string of the molecule is Cc1cccc(C(=O)N[C@H](C)c2ccc(S(N)(=O)=O)cc2)c1. The van der Waals surface area contributed by atoms with Crippen molar-refractivity contribution in [3.8, 4) is 0 Å². The lowest BCUT2D eigenvalue weighted by Crippen LogP contribution is -2.26. The minimum atomic E-state index is -3.70. The smallest absolute Gasteiger partial charge is 0.251 e. The van der Waals surface area contributed by atoms with Crippen LogP contribution in [0.2, 0.25) is 0 Å². The van der Waals surface area contributed by atoms with Crippen LogP contribution in [0.4, 0.5) is 0 Å². The van der Waals surface area contributed by atoms with Crippen molar-refractivity contribution in [2.45, 2.75) is 24.8 Å². The molecule has 0 radical (unpaired) electrons. The normalized spacial score (nSPS) is 12.7. The fraction of sp³-hybridized carbons (Fsp3) is 0.188. The lowest BCUT2D eigenvalue weighted by atomic mass is 10.1. The van der Waals surface area contributed by atoms with Crippen LogP contribution in [-0.4, -0.2) is 14.3 Å². The maximum atomic E-state index is 12.2. The van der Waals surface area contributed by atoms with Gasteiger partial charge in [0.2, 0.25) is 10.0 Å². The molecule has 0 bridgehead atoms. The summed E-state index contributed by atoms with van der Waals surface area (Å²) in [5, 5.41) is 7.93. The Bertz CT molecular complexity index is 783. The van der Waals surface area contributed by atoms with Crippen molar-refractivity contribution in [1.29, 1.82) is 0 Å². The Hall–Kier alpha value is -2.18. The molecule has 0 heterocycles. The Kier molecular flexibility index (Phi) is 4.63. The highest BCUT2D eigenvalue weighted by Crippen LogP contribution is 2.16. The van der Waals surface area contributed by atoms with Gasteiger partial charge >= 0.3 is 0 Å². The third kappa shape index (κ3) is 3.93. The summed E-state index contributed by atoms with van der Waals surface area (Å²) < 4.78 is 22.4. The van der Waals surface area contributed by atoms with Gasteiger partial charge in [-0.15, -0.1) is 0 Å². The van der Waals surface area contributed by atoms with Crippen LogP contribution in [0.5, 0.6) is 0 Å². The third-order valence-corrected chi connectivity index (χ3v) is 4.27. The molecule has 1 atom stereocenters. The van der Waals surface area contributed by atoms with Crippen molar-refractivity contribution in [2.75, 3.05) is 0 Å². The van der Waals surface area contributed by atoms with Crippen LogP contribution in [0.15, 0.2) is 53.4 Å². The Morgan fingerprint density at radius 1 is 1.14 bits per heavy atom. The number of aryl methyl sites for hydroxylation is 1. The van der Waals surface area contributed by atoms with Gasteiger partial charge in [0.1, 0.15) is 0 Å². The average molecular weight is 318 g/mol. The minimum absolute atomic E-state index is 0.0495. The molecule has 2 rings (SSSR count). The summed E-state index contributed by atoms with van der Waals surface area (Å²) in [4.78, 5) is 12.2. The highest BCUT2D eigenvalue weighted by Gasteiger charge is 2.13. The van der Waals surface area contributed by atoms with E-state index in [0.29, 0.717) is 5.56 Å². The number of carbonyl (C=O) groups is 1. The molecule has 0 saturated carbocycles. The molecule has 0 aliphatic heterocycles. The van der Waals surface area contributed by atoms with Crippen LogP contribution < -0.4 is 10.5 Å². The Labute approximate surface area is 130 Å². The van der Waals surface area contributed by atoms with E-state index in [1.54, 1.807) is 18.2 Å². The molecule has 1 amide bonds. The molecule has 2 aromatic carbocycles. The van der Waals surface area contributed by atoms with Crippen LogP contribution in [0.3, 0.4) is 0 Å². The number of nitrogens with one attached hydrogen (secondary N) is 1. The number of primary sulfonamides is 1. The second-order valence-electron chi connectivity index (χ2n) is 5.18. The molecule has 2 aromatic rings. The molecular formula is C16H18N2O3S. The molecule has 22 heavy (non-hydrogen) atoms. The van der Waals surface area contributed by atoms with Crippen molar-refractivity contribution >= 4 is 15.9 Å². The van der Waals surface area contributed by atoms with Crippen LogP contribution in [0, 0.1) is 6.92 Å². The van der Waals surface area contributed by atoms with Gasteiger partial charge in [-0.05, 0) is 43.7 Å². The fourth-order valence-corrected chi connectivity index (χ4v) is 2.61. The zero-order valence-corrected chi connectivity index (χ0v) is 13.2.